The highest BCUT2D eigenvalue weighted by Crippen LogP contribution is 2.30. The van der Waals surface area contributed by atoms with E-state index in [1.54, 1.807) is 12.1 Å². The van der Waals surface area contributed by atoms with Gasteiger partial charge in [-0.1, -0.05) is 30.3 Å². The number of carbonyl (C=O) groups excluding carboxylic acids is 1. The van der Waals surface area contributed by atoms with Crippen molar-refractivity contribution in [2.24, 2.45) is 4.99 Å². The molecule has 2 aromatic rings. The Balaban J connectivity index is 1.84. The van der Waals surface area contributed by atoms with Crippen molar-refractivity contribution >= 4 is 34.6 Å². The van der Waals surface area contributed by atoms with Crippen LogP contribution in [0, 0.1) is 18.3 Å². The average molecular weight is 349 g/mol. The molecule has 0 unspecified atom stereocenters. The molecule has 25 heavy (non-hydrogen) atoms. The zero-order chi connectivity index (χ0) is 17.6. The fourth-order valence-electron chi connectivity index (χ4n) is 2.28. The Kier molecular flexibility index (Phi) is 5.17. The number of nitrogens with zero attached hydrogens (tertiary/aromatic N) is 2. The van der Waals surface area contributed by atoms with E-state index in [0.717, 1.165) is 16.8 Å². The smallest absolute Gasteiger partial charge is 0.264 e. The lowest BCUT2D eigenvalue weighted by Crippen LogP contribution is -2.19. The van der Waals surface area contributed by atoms with Gasteiger partial charge in [0, 0.05) is 5.56 Å². The second-order valence-corrected chi connectivity index (χ2v) is 6.34. The van der Waals surface area contributed by atoms with Gasteiger partial charge in [-0.2, -0.15) is 5.26 Å². The second-order valence-electron chi connectivity index (χ2n) is 5.31. The van der Waals surface area contributed by atoms with Crippen LogP contribution in [0.3, 0.4) is 0 Å². The molecule has 1 amide bonds. The summed E-state index contributed by atoms with van der Waals surface area (Å²) in [4.78, 5) is 17.2. The highest BCUT2D eigenvalue weighted by molar-refractivity contribution is 8.18. The van der Waals surface area contributed by atoms with Crippen LogP contribution in [0.15, 0.2) is 58.4 Å². The lowest BCUT2D eigenvalue weighted by molar-refractivity contribution is -0.115. The monoisotopic (exact) mass is 349 g/mol. The van der Waals surface area contributed by atoms with Crippen molar-refractivity contribution in [2.45, 2.75) is 6.92 Å². The molecule has 0 atom stereocenters. The number of nitriles is 1. The van der Waals surface area contributed by atoms with Gasteiger partial charge in [-0.3, -0.25) is 4.79 Å². The SMILES string of the molecule is Cc1cccc(N=C2NC(=O)/C(=C/c3ccccc3OCC#N)S2)c1. The normalized spacial score (nSPS) is 16.7. The maximum Gasteiger partial charge on any atom is 0.264 e. The van der Waals surface area contributed by atoms with Crippen molar-refractivity contribution in [2.75, 3.05) is 6.61 Å². The minimum atomic E-state index is -0.202. The van der Waals surface area contributed by atoms with Crippen LogP contribution < -0.4 is 10.1 Å². The Labute approximate surface area is 150 Å². The molecule has 0 saturated carbocycles. The van der Waals surface area contributed by atoms with Gasteiger partial charge in [0.25, 0.3) is 5.91 Å². The van der Waals surface area contributed by atoms with Crippen LogP contribution in [-0.2, 0) is 4.79 Å². The summed E-state index contributed by atoms with van der Waals surface area (Å²) in [5.74, 6) is 0.362. The number of carbonyl (C=O) groups is 1. The van der Waals surface area contributed by atoms with Crippen molar-refractivity contribution in [3.05, 3.63) is 64.6 Å². The first kappa shape index (κ1) is 16.8. The lowest BCUT2D eigenvalue weighted by atomic mass is 10.2. The van der Waals surface area contributed by atoms with Gasteiger partial charge < -0.3 is 10.1 Å². The number of amidine groups is 1. The van der Waals surface area contributed by atoms with Gasteiger partial charge in [-0.15, -0.1) is 0 Å². The standard InChI is InChI=1S/C19H15N3O2S/c1-13-5-4-7-15(11-13)21-19-22-18(23)17(25-19)12-14-6-2-3-8-16(14)24-10-9-20/h2-8,11-12H,10H2,1H3,(H,21,22,23)/b17-12-. The van der Waals surface area contributed by atoms with Crippen molar-refractivity contribution < 1.29 is 9.53 Å². The Morgan fingerprint density at radius 1 is 1.28 bits per heavy atom. The van der Waals surface area contributed by atoms with Crippen LogP contribution in [0.4, 0.5) is 5.69 Å². The van der Waals surface area contributed by atoms with E-state index >= 15 is 0 Å². The number of benzene rings is 2. The molecule has 5 nitrogen and oxygen atoms in total. The molecule has 2 aromatic carbocycles. The van der Waals surface area contributed by atoms with Crippen LogP contribution in [0.1, 0.15) is 11.1 Å². The number of amides is 1. The third-order valence-corrected chi connectivity index (χ3v) is 4.29. The topological polar surface area (TPSA) is 74.5 Å². The summed E-state index contributed by atoms with van der Waals surface area (Å²) in [5, 5.41) is 12.0. The number of aliphatic imine (C=N–C) groups is 1. The minimum absolute atomic E-state index is 0.0421. The molecule has 1 saturated heterocycles. The average Bonchev–Trinajstić information content (AvgIpc) is 2.93. The van der Waals surface area contributed by atoms with E-state index in [1.807, 2.05) is 55.5 Å². The summed E-state index contributed by atoms with van der Waals surface area (Å²) < 4.78 is 5.39. The van der Waals surface area contributed by atoms with Crippen molar-refractivity contribution in [3.63, 3.8) is 0 Å². The number of ether oxygens (including phenoxy) is 1. The number of rotatable bonds is 4. The van der Waals surface area contributed by atoms with Crippen molar-refractivity contribution in [1.82, 2.24) is 5.32 Å². The molecule has 0 radical (unpaired) electrons. The first-order valence-electron chi connectivity index (χ1n) is 7.61. The number of hydrogen-bond donors (Lipinski definition) is 1. The summed E-state index contributed by atoms with van der Waals surface area (Å²) in [5.41, 5.74) is 2.64. The molecule has 1 N–H and O–H groups in total. The first-order valence-corrected chi connectivity index (χ1v) is 8.42. The quantitative estimate of drug-likeness (QED) is 0.852. The Bertz CT molecular complexity index is 913. The molecule has 124 valence electrons. The number of aryl methyl sites for hydroxylation is 1. The van der Waals surface area contributed by atoms with Crippen LogP contribution in [0.2, 0.25) is 0 Å². The molecular weight excluding hydrogens is 334 g/mol. The van der Waals surface area contributed by atoms with Gasteiger partial charge in [-0.25, -0.2) is 4.99 Å². The van der Waals surface area contributed by atoms with Gasteiger partial charge in [0.2, 0.25) is 0 Å². The summed E-state index contributed by atoms with van der Waals surface area (Å²) in [6, 6.07) is 17.0. The summed E-state index contributed by atoms with van der Waals surface area (Å²) in [6.45, 7) is 1.95. The number of hydrogen-bond acceptors (Lipinski definition) is 5. The number of thioether (sulfide) groups is 1. The Morgan fingerprint density at radius 2 is 2.12 bits per heavy atom. The first-order chi connectivity index (χ1) is 12.2. The predicted molar refractivity (Wildman–Crippen MR) is 99.5 cm³/mol. The highest BCUT2D eigenvalue weighted by atomic mass is 32.2. The van der Waals surface area contributed by atoms with Gasteiger partial charge in [0.05, 0.1) is 10.6 Å². The van der Waals surface area contributed by atoms with Crippen LogP contribution in [-0.4, -0.2) is 17.7 Å². The maximum absolute atomic E-state index is 12.2. The summed E-state index contributed by atoms with van der Waals surface area (Å²) in [6.07, 6.45) is 1.74. The van der Waals surface area contributed by atoms with Gasteiger partial charge in [0.1, 0.15) is 11.8 Å². The predicted octanol–water partition coefficient (Wildman–Crippen LogP) is 3.79. The van der Waals surface area contributed by atoms with Crippen molar-refractivity contribution in [3.8, 4) is 11.8 Å². The molecule has 1 heterocycles. The largest absolute Gasteiger partial charge is 0.478 e. The molecule has 3 rings (SSSR count). The Hall–Kier alpha value is -3.04. The second kappa shape index (κ2) is 7.69. The van der Waals surface area contributed by atoms with E-state index < -0.39 is 0 Å². The van der Waals surface area contributed by atoms with Crippen LogP contribution in [0.5, 0.6) is 5.75 Å². The third kappa shape index (κ3) is 4.28. The molecular formula is C19H15N3O2S. The molecule has 1 aliphatic heterocycles. The third-order valence-electron chi connectivity index (χ3n) is 3.38. The van der Waals surface area contributed by atoms with Crippen LogP contribution >= 0.6 is 11.8 Å². The Morgan fingerprint density at radius 3 is 2.92 bits per heavy atom. The van der Waals surface area contributed by atoms with E-state index in [9.17, 15) is 4.79 Å². The molecule has 0 spiro atoms. The molecule has 0 aliphatic carbocycles. The van der Waals surface area contributed by atoms with Crippen LogP contribution in [0.25, 0.3) is 6.08 Å². The highest BCUT2D eigenvalue weighted by Gasteiger charge is 2.24. The van der Waals surface area contributed by atoms with E-state index in [0.29, 0.717) is 15.8 Å². The zero-order valence-electron chi connectivity index (χ0n) is 13.5. The summed E-state index contributed by atoms with van der Waals surface area (Å²) >= 11 is 1.28. The summed E-state index contributed by atoms with van der Waals surface area (Å²) in [7, 11) is 0. The molecule has 1 aliphatic rings. The fraction of sp³-hybridized carbons (Fsp3) is 0.105. The van der Waals surface area contributed by atoms with E-state index in [2.05, 4.69) is 10.3 Å². The van der Waals surface area contributed by atoms with Gasteiger partial charge >= 0.3 is 0 Å². The lowest BCUT2D eigenvalue weighted by Gasteiger charge is -2.05. The fourth-order valence-corrected chi connectivity index (χ4v) is 3.11. The maximum atomic E-state index is 12.2. The van der Waals surface area contributed by atoms with E-state index in [-0.39, 0.29) is 12.5 Å². The van der Waals surface area contributed by atoms with E-state index in [4.69, 9.17) is 10.00 Å². The molecule has 6 heteroatoms. The zero-order valence-corrected chi connectivity index (χ0v) is 14.3. The van der Waals surface area contributed by atoms with E-state index in [1.165, 1.54) is 11.8 Å². The molecule has 0 aromatic heterocycles. The minimum Gasteiger partial charge on any atom is -0.478 e. The molecule has 1 fully saturated rings. The van der Waals surface area contributed by atoms with Crippen molar-refractivity contribution in [1.29, 1.82) is 5.26 Å². The van der Waals surface area contributed by atoms with Gasteiger partial charge in [-0.05, 0) is 48.5 Å². The number of nitrogens with one attached hydrogen (secondary N) is 1. The molecule has 0 bridgehead atoms. The van der Waals surface area contributed by atoms with Gasteiger partial charge in [0.15, 0.2) is 11.8 Å². The number of para-hydroxylation sites is 1.